The third-order valence-electron chi connectivity index (χ3n) is 0.471. The van der Waals surface area contributed by atoms with E-state index in [0.717, 1.165) is 11.5 Å². The van der Waals surface area contributed by atoms with Crippen LogP contribution in [0.3, 0.4) is 0 Å². The van der Waals surface area contributed by atoms with Gasteiger partial charge in [0.25, 0.3) is 9.05 Å². The maximum atomic E-state index is 9.11. The zero-order valence-corrected chi connectivity index (χ0v) is 11.4. The number of rotatable bonds is 4. The SMILES string of the molecule is C=CCSCC=C.O=S(O)(O)=S.[Mo]. The Morgan fingerprint density at radius 3 is 1.69 bits per heavy atom. The first kappa shape index (κ1) is 19.4. The van der Waals surface area contributed by atoms with Crippen LogP contribution >= 0.6 is 11.8 Å². The topological polar surface area (TPSA) is 57.5 Å². The molecule has 0 fully saturated rings. The standard InChI is InChI=1S/C6H10S.Mo.H2O3S2/c1-3-5-7-6-4-2;;1-5(2,3)4/h3-4H,1-2,5-6H2;;(H2,1,2,3,4). The van der Waals surface area contributed by atoms with Crippen LogP contribution in [0.4, 0.5) is 0 Å². The van der Waals surface area contributed by atoms with Crippen molar-refractivity contribution in [1.29, 1.82) is 0 Å². The normalized spacial score (nSPS) is 8.77. The summed E-state index contributed by atoms with van der Waals surface area (Å²) in [6.07, 6.45) is 3.79. The molecule has 3 nitrogen and oxygen atoms in total. The minimum absolute atomic E-state index is 0. The van der Waals surface area contributed by atoms with Crippen LogP contribution in [-0.2, 0) is 41.3 Å². The third kappa shape index (κ3) is 64.7. The van der Waals surface area contributed by atoms with Gasteiger partial charge in [-0.05, 0) is 0 Å². The largest absolute Gasteiger partial charge is 0.285 e. The summed E-state index contributed by atoms with van der Waals surface area (Å²) in [5.41, 5.74) is 0. The van der Waals surface area contributed by atoms with Gasteiger partial charge in [0.05, 0.1) is 0 Å². The molecule has 0 aromatic rings. The summed E-state index contributed by atoms with van der Waals surface area (Å²) in [5, 5.41) is 0. The maximum Gasteiger partial charge on any atom is 0.263 e. The van der Waals surface area contributed by atoms with Gasteiger partial charge in [0, 0.05) is 43.8 Å². The molecule has 0 amide bonds. The molecule has 0 radical (unpaired) electrons. The van der Waals surface area contributed by atoms with E-state index in [2.05, 4.69) is 24.3 Å². The molecule has 0 aliphatic rings. The monoisotopic (exact) mass is 326 g/mol. The Morgan fingerprint density at radius 1 is 1.31 bits per heavy atom. The van der Waals surface area contributed by atoms with Crippen LogP contribution in [0, 0.1) is 0 Å². The molecule has 0 aliphatic heterocycles. The van der Waals surface area contributed by atoms with Gasteiger partial charge in [-0.15, -0.1) is 13.2 Å². The van der Waals surface area contributed by atoms with Gasteiger partial charge in [-0.3, -0.25) is 9.11 Å². The molecular formula is C6H12MoO3S3. The van der Waals surface area contributed by atoms with Gasteiger partial charge in [-0.1, -0.05) is 12.2 Å². The maximum absolute atomic E-state index is 9.11. The van der Waals surface area contributed by atoms with Crippen molar-refractivity contribution in [3.05, 3.63) is 25.3 Å². The van der Waals surface area contributed by atoms with Crippen LogP contribution in [0.5, 0.6) is 0 Å². The van der Waals surface area contributed by atoms with Crippen molar-refractivity contribution in [2.45, 2.75) is 0 Å². The average Bonchev–Trinajstić information content (AvgIpc) is 1.85. The van der Waals surface area contributed by atoms with Crippen molar-refractivity contribution in [2.75, 3.05) is 11.5 Å². The Balaban J connectivity index is -0.000000150. The summed E-state index contributed by atoms with van der Waals surface area (Å²) in [6, 6.07) is 0. The van der Waals surface area contributed by atoms with Crippen molar-refractivity contribution in [3.8, 4) is 0 Å². The summed E-state index contributed by atoms with van der Waals surface area (Å²) in [4.78, 5) is 0. The number of hydrogen-bond donors (Lipinski definition) is 2. The Bertz CT molecular complexity index is 197. The van der Waals surface area contributed by atoms with Crippen LogP contribution in [0.1, 0.15) is 0 Å². The van der Waals surface area contributed by atoms with E-state index < -0.39 is 9.05 Å². The van der Waals surface area contributed by atoms with Crippen LogP contribution in [-0.4, -0.2) is 24.8 Å². The van der Waals surface area contributed by atoms with E-state index in [9.17, 15) is 0 Å². The Labute approximate surface area is 103 Å². The van der Waals surface area contributed by atoms with Crippen molar-refractivity contribution in [2.24, 2.45) is 0 Å². The van der Waals surface area contributed by atoms with Crippen LogP contribution < -0.4 is 0 Å². The number of hydrogen-bond acceptors (Lipinski definition) is 3. The van der Waals surface area contributed by atoms with Crippen molar-refractivity contribution in [3.63, 3.8) is 0 Å². The fourth-order valence-corrected chi connectivity index (χ4v) is 0.704. The van der Waals surface area contributed by atoms with E-state index in [1.54, 1.807) is 0 Å². The van der Waals surface area contributed by atoms with E-state index in [0.29, 0.717) is 0 Å². The smallest absolute Gasteiger partial charge is 0.263 e. The fourth-order valence-electron chi connectivity index (χ4n) is 0.235. The molecule has 0 heterocycles. The molecule has 0 aromatic heterocycles. The van der Waals surface area contributed by atoms with Gasteiger partial charge >= 0.3 is 0 Å². The zero-order chi connectivity index (χ0) is 10.0. The quantitative estimate of drug-likeness (QED) is 0.469. The summed E-state index contributed by atoms with van der Waals surface area (Å²) >= 11 is 5.28. The zero-order valence-electron chi connectivity index (χ0n) is 6.92. The van der Waals surface area contributed by atoms with Crippen molar-refractivity contribution in [1.82, 2.24) is 0 Å². The second kappa shape index (κ2) is 12.8. The molecule has 13 heavy (non-hydrogen) atoms. The van der Waals surface area contributed by atoms with Crippen LogP contribution in [0.25, 0.3) is 0 Å². The molecular weight excluding hydrogens is 312 g/mol. The summed E-state index contributed by atoms with van der Waals surface area (Å²) in [6.45, 7) is 7.15. The van der Waals surface area contributed by atoms with E-state index >= 15 is 0 Å². The minimum Gasteiger partial charge on any atom is -0.285 e. The second-order valence-corrected chi connectivity index (χ2v) is 4.84. The Hall–Kier alpha value is 0.808. The molecule has 0 rings (SSSR count). The molecule has 7 heteroatoms. The van der Waals surface area contributed by atoms with Gasteiger partial charge in [0.15, 0.2) is 0 Å². The van der Waals surface area contributed by atoms with Crippen LogP contribution in [0.2, 0.25) is 0 Å². The van der Waals surface area contributed by atoms with Crippen LogP contribution in [0.15, 0.2) is 25.3 Å². The predicted molar refractivity (Wildman–Crippen MR) is 58.5 cm³/mol. The van der Waals surface area contributed by atoms with Gasteiger partial charge in [-0.2, -0.15) is 16.0 Å². The molecule has 78 valence electrons. The second-order valence-electron chi connectivity index (χ2n) is 1.56. The van der Waals surface area contributed by atoms with Gasteiger partial charge in [-0.25, -0.2) is 0 Å². The molecule has 0 aromatic carbocycles. The van der Waals surface area contributed by atoms with Crippen molar-refractivity contribution < 1.29 is 34.4 Å². The predicted octanol–water partition coefficient (Wildman–Crippen LogP) is 1.77. The van der Waals surface area contributed by atoms with E-state index in [1.165, 1.54) is 0 Å². The van der Waals surface area contributed by atoms with E-state index in [4.69, 9.17) is 13.3 Å². The summed E-state index contributed by atoms with van der Waals surface area (Å²) < 4.78 is 24.0. The van der Waals surface area contributed by atoms with E-state index in [1.807, 2.05) is 23.9 Å². The number of thioether (sulfide) groups is 1. The molecule has 0 spiro atoms. The molecule has 2 N–H and O–H groups in total. The first-order valence-electron chi connectivity index (χ1n) is 2.91. The van der Waals surface area contributed by atoms with Gasteiger partial charge in [0.1, 0.15) is 0 Å². The third-order valence-corrected chi connectivity index (χ3v) is 1.41. The van der Waals surface area contributed by atoms with Crippen molar-refractivity contribution >= 4 is 32.0 Å². The molecule has 0 aliphatic carbocycles. The van der Waals surface area contributed by atoms with E-state index in [-0.39, 0.29) is 21.1 Å². The molecule has 0 atom stereocenters. The molecule has 0 unspecified atom stereocenters. The molecule has 0 bridgehead atoms. The van der Waals surface area contributed by atoms with Gasteiger partial charge < -0.3 is 0 Å². The average molecular weight is 324 g/mol. The first-order chi connectivity index (χ1) is 5.41. The summed E-state index contributed by atoms with van der Waals surface area (Å²) in [5.74, 6) is 2.07. The Kier molecular flexibility index (Phi) is 19.1. The molecule has 0 saturated carbocycles. The molecule has 0 saturated heterocycles. The van der Waals surface area contributed by atoms with Gasteiger partial charge in [0.2, 0.25) is 0 Å². The first-order valence-corrected chi connectivity index (χ1v) is 6.46. The minimum atomic E-state index is -3.83. The summed E-state index contributed by atoms with van der Waals surface area (Å²) in [7, 11) is -3.83. The Morgan fingerprint density at radius 2 is 1.54 bits per heavy atom. The fraction of sp³-hybridized carbons (Fsp3) is 0.333.